The molecule has 1 amide bonds. The minimum Gasteiger partial charge on any atom is -0.482 e. The van der Waals surface area contributed by atoms with E-state index >= 15 is 0 Å². The molecule has 4 rings (SSSR count). The Balaban J connectivity index is 1.76. The molecule has 0 saturated carbocycles. The number of carboxylic acids is 1. The Kier molecular flexibility index (Phi) is 6.92. The van der Waals surface area contributed by atoms with Gasteiger partial charge in [0.25, 0.3) is 5.91 Å². The highest BCUT2D eigenvalue weighted by Gasteiger charge is 2.59. The van der Waals surface area contributed by atoms with E-state index in [1.54, 1.807) is 0 Å². The van der Waals surface area contributed by atoms with E-state index in [2.05, 4.69) is 0 Å². The van der Waals surface area contributed by atoms with Gasteiger partial charge in [0, 0.05) is 18.0 Å². The van der Waals surface area contributed by atoms with Gasteiger partial charge < -0.3 is 19.8 Å². The summed E-state index contributed by atoms with van der Waals surface area (Å²) in [6.45, 7) is 0.965. The number of ether oxygens (including phenoxy) is 1. The van der Waals surface area contributed by atoms with Crippen LogP contribution in [0.4, 0.5) is 18.9 Å². The zero-order valence-corrected chi connectivity index (χ0v) is 20.9. The van der Waals surface area contributed by atoms with E-state index in [4.69, 9.17) is 33.0 Å². The number of carbonyl (C=O) groups is 2. The molecule has 194 valence electrons. The van der Waals surface area contributed by atoms with E-state index < -0.39 is 35.1 Å². The first kappa shape index (κ1) is 26.8. The number of alkyl halides is 3. The molecule has 2 N–H and O–H groups in total. The number of hydrogen-bond acceptors (Lipinski definition) is 4. The molecule has 0 spiro atoms. The molecule has 2 unspecified atom stereocenters. The van der Waals surface area contributed by atoms with Gasteiger partial charge in [-0.3, -0.25) is 4.79 Å². The smallest absolute Gasteiger partial charge is 0.422 e. The Morgan fingerprint density at radius 2 is 1.65 bits per heavy atom. The molecule has 0 aromatic heterocycles. The molecule has 3 aromatic rings. The molecule has 11 heteroatoms. The van der Waals surface area contributed by atoms with Crippen molar-refractivity contribution in [1.29, 1.82) is 0 Å². The number of carbonyl (C=O) groups excluding carboxylic acids is 1. The first-order valence-corrected chi connectivity index (χ1v) is 11.7. The van der Waals surface area contributed by atoms with E-state index in [1.165, 1.54) is 61.3 Å². The maximum absolute atomic E-state index is 14.5. The van der Waals surface area contributed by atoms with Gasteiger partial charge in [0.05, 0.1) is 16.3 Å². The third kappa shape index (κ3) is 4.63. The molecule has 0 fully saturated rings. The molecule has 1 heterocycles. The van der Waals surface area contributed by atoms with Gasteiger partial charge >= 0.3 is 12.1 Å². The maximum Gasteiger partial charge on any atom is 0.422 e. The number of aliphatic hydroxyl groups is 1. The van der Waals surface area contributed by atoms with Crippen molar-refractivity contribution in [2.75, 3.05) is 18.6 Å². The first-order valence-electron chi connectivity index (χ1n) is 10.9. The van der Waals surface area contributed by atoms with Gasteiger partial charge in [-0.1, -0.05) is 54.4 Å². The summed E-state index contributed by atoms with van der Waals surface area (Å²) in [6, 6.07) is 12.0. The van der Waals surface area contributed by atoms with Crippen LogP contribution in [0.15, 0.2) is 54.6 Å². The number of amides is 1. The van der Waals surface area contributed by atoms with Crippen molar-refractivity contribution < 1.29 is 37.7 Å². The van der Waals surface area contributed by atoms with Gasteiger partial charge in [-0.05, 0) is 52.6 Å². The van der Waals surface area contributed by atoms with Crippen LogP contribution in [0.2, 0.25) is 10.0 Å². The lowest BCUT2D eigenvalue weighted by Gasteiger charge is -2.38. The van der Waals surface area contributed by atoms with Crippen LogP contribution >= 0.6 is 23.2 Å². The molecular weight excluding hydrogens is 534 g/mol. The Morgan fingerprint density at radius 3 is 2.22 bits per heavy atom. The van der Waals surface area contributed by atoms with Gasteiger partial charge in [0.15, 0.2) is 12.2 Å². The van der Waals surface area contributed by atoms with Crippen molar-refractivity contribution in [3.05, 3.63) is 81.3 Å². The average molecular weight is 554 g/mol. The highest BCUT2D eigenvalue weighted by molar-refractivity contribution is 6.34. The molecular formula is C26H20Cl2F3NO5. The van der Waals surface area contributed by atoms with Crippen LogP contribution in [0.25, 0.3) is 11.1 Å². The summed E-state index contributed by atoms with van der Waals surface area (Å²) in [5, 5.41) is 20.3. The predicted molar refractivity (Wildman–Crippen MR) is 133 cm³/mol. The second-order valence-electron chi connectivity index (χ2n) is 8.65. The van der Waals surface area contributed by atoms with Crippen molar-refractivity contribution in [2.45, 2.75) is 24.6 Å². The SMILES string of the molecule is CC(c1ccc(-c2ccc(C(=O)O)c(Cl)c2)cc1Cl)C(O)(c1ccc2c(c1)N(C)C(=O)CO2)C(F)(F)F. The molecule has 0 bridgehead atoms. The van der Waals surface area contributed by atoms with Crippen LogP contribution in [0.5, 0.6) is 5.75 Å². The van der Waals surface area contributed by atoms with Gasteiger partial charge in [0.2, 0.25) is 0 Å². The number of anilines is 1. The number of benzene rings is 3. The summed E-state index contributed by atoms with van der Waals surface area (Å²) in [6.07, 6.45) is -5.11. The number of rotatable bonds is 5. The lowest BCUT2D eigenvalue weighted by atomic mass is 9.77. The topological polar surface area (TPSA) is 87.1 Å². The number of halogens is 5. The Hall–Kier alpha value is -3.27. The monoisotopic (exact) mass is 553 g/mol. The molecule has 6 nitrogen and oxygen atoms in total. The number of likely N-dealkylation sites (N-methyl/N-ethyl adjacent to an activating group) is 1. The first-order chi connectivity index (χ1) is 17.3. The van der Waals surface area contributed by atoms with Gasteiger partial charge in [-0.2, -0.15) is 13.2 Å². The summed E-state index contributed by atoms with van der Waals surface area (Å²) in [4.78, 5) is 24.4. The number of aromatic carboxylic acids is 1. The van der Waals surface area contributed by atoms with Crippen LogP contribution in [0.3, 0.4) is 0 Å². The van der Waals surface area contributed by atoms with Crippen molar-refractivity contribution in [3.8, 4) is 16.9 Å². The van der Waals surface area contributed by atoms with E-state index in [9.17, 15) is 27.9 Å². The molecule has 0 saturated heterocycles. The average Bonchev–Trinajstić information content (AvgIpc) is 2.84. The van der Waals surface area contributed by atoms with Crippen molar-refractivity contribution in [1.82, 2.24) is 0 Å². The van der Waals surface area contributed by atoms with E-state index in [1.807, 2.05) is 0 Å². The molecule has 0 radical (unpaired) electrons. The fourth-order valence-corrected chi connectivity index (χ4v) is 4.93. The van der Waals surface area contributed by atoms with E-state index in [-0.39, 0.29) is 39.2 Å². The van der Waals surface area contributed by atoms with Gasteiger partial charge in [-0.25, -0.2) is 4.79 Å². The zero-order valence-electron chi connectivity index (χ0n) is 19.4. The summed E-state index contributed by atoms with van der Waals surface area (Å²) < 4.78 is 48.8. The van der Waals surface area contributed by atoms with Crippen molar-refractivity contribution >= 4 is 40.8 Å². The highest BCUT2D eigenvalue weighted by atomic mass is 35.5. The molecule has 1 aliphatic heterocycles. The number of fused-ring (bicyclic) bond motifs is 1. The Labute approximate surface area is 219 Å². The lowest BCUT2D eigenvalue weighted by Crippen LogP contribution is -2.47. The normalized spacial score (nSPS) is 16.0. The van der Waals surface area contributed by atoms with Crippen LogP contribution in [-0.4, -0.2) is 41.9 Å². The molecule has 3 aromatic carbocycles. The number of hydrogen-bond donors (Lipinski definition) is 2. The fourth-order valence-electron chi connectivity index (χ4n) is 4.32. The van der Waals surface area contributed by atoms with Crippen LogP contribution in [0, 0.1) is 0 Å². The lowest BCUT2D eigenvalue weighted by molar-refractivity contribution is -0.274. The fraction of sp³-hybridized carbons (Fsp3) is 0.231. The van der Waals surface area contributed by atoms with Gasteiger partial charge in [-0.15, -0.1) is 0 Å². The largest absolute Gasteiger partial charge is 0.482 e. The Bertz CT molecular complexity index is 1410. The van der Waals surface area contributed by atoms with Gasteiger partial charge in [0.1, 0.15) is 5.75 Å². The third-order valence-electron chi connectivity index (χ3n) is 6.54. The second kappa shape index (κ2) is 9.55. The quantitative estimate of drug-likeness (QED) is 0.389. The molecule has 1 aliphatic rings. The van der Waals surface area contributed by atoms with E-state index in [0.29, 0.717) is 11.1 Å². The third-order valence-corrected chi connectivity index (χ3v) is 7.18. The summed E-state index contributed by atoms with van der Waals surface area (Å²) in [5.74, 6) is -2.98. The highest BCUT2D eigenvalue weighted by Crippen LogP contribution is 2.51. The molecule has 37 heavy (non-hydrogen) atoms. The minimum absolute atomic E-state index is 0.00940. The standard InChI is InChI=1S/C26H20Cl2F3NO5/c1-13(17-6-3-14(9-19(17)27)15-4-7-18(24(34)35)20(28)10-15)25(36,26(29,30)31)16-5-8-22-21(11-16)32(2)23(33)12-37-22/h3-11,13,36H,12H2,1-2H3,(H,34,35). The predicted octanol–water partition coefficient (Wildman–Crippen LogP) is 6.27. The van der Waals surface area contributed by atoms with E-state index in [0.717, 1.165) is 12.1 Å². The summed E-state index contributed by atoms with van der Waals surface area (Å²) in [7, 11) is 1.41. The molecule has 0 aliphatic carbocycles. The van der Waals surface area contributed by atoms with Crippen LogP contribution in [0.1, 0.15) is 34.3 Å². The van der Waals surface area contributed by atoms with Crippen molar-refractivity contribution in [2.24, 2.45) is 0 Å². The van der Waals surface area contributed by atoms with Crippen LogP contribution < -0.4 is 9.64 Å². The minimum atomic E-state index is -5.11. The number of nitrogens with zero attached hydrogens (tertiary/aromatic N) is 1. The van der Waals surface area contributed by atoms with Crippen molar-refractivity contribution in [3.63, 3.8) is 0 Å². The molecule has 2 atom stereocenters. The number of carboxylic acid groups (broad SMARTS) is 1. The summed E-state index contributed by atoms with van der Waals surface area (Å²) >= 11 is 12.5. The van der Waals surface area contributed by atoms with Crippen LogP contribution in [-0.2, 0) is 10.4 Å². The summed E-state index contributed by atoms with van der Waals surface area (Å²) in [5.41, 5.74) is -2.82. The Morgan fingerprint density at radius 1 is 1.03 bits per heavy atom. The maximum atomic E-state index is 14.5. The zero-order chi connectivity index (χ0) is 27.3. The second-order valence-corrected chi connectivity index (χ2v) is 9.46.